The third-order valence-electron chi connectivity index (χ3n) is 1.97. The number of ether oxygens (including phenoxy) is 2. The molecule has 0 saturated carbocycles. The third kappa shape index (κ3) is 1.22. The van der Waals surface area contributed by atoms with Crippen LogP contribution in [-0.4, -0.2) is 14.2 Å². The van der Waals surface area contributed by atoms with Crippen LogP contribution in [0, 0.1) is 0 Å². The van der Waals surface area contributed by atoms with E-state index in [1.165, 1.54) is 0 Å². The second-order valence-corrected chi connectivity index (χ2v) is 2.67. The summed E-state index contributed by atoms with van der Waals surface area (Å²) in [5.41, 5.74) is 0.803. The maximum Gasteiger partial charge on any atom is 0.164 e. The summed E-state index contributed by atoms with van der Waals surface area (Å²) in [7, 11) is 3.25. The first-order valence-corrected chi connectivity index (χ1v) is 3.94. The van der Waals surface area contributed by atoms with Crippen LogP contribution in [-0.2, 0) is 0 Å². The molecule has 0 aliphatic heterocycles. The Morgan fingerprint density at radius 3 is 2.69 bits per heavy atom. The van der Waals surface area contributed by atoms with E-state index in [0.29, 0.717) is 0 Å². The molecule has 1 aromatic carbocycles. The molecule has 0 spiro atoms. The highest BCUT2D eigenvalue weighted by Crippen LogP contribution is 2.30. The van der Waals surface area contributed by atoms with Crippen molar-refractivity contribution in [2.75, 3.05) is 14.2 Å². The van der Waals surface area contributed by atoms with Gasteiger partial charge in [-0.2, -0.15) is 0 Å². The fourth-order valence-corrected chi connectivity index (χ4v) is 1.27. The van der Waals surface area contributed by atoms with Crippen LogP contribution in [0.5, 0.6) is 11.5 Å². The molecule has 3 nitrogen and oxygen atoms in total. The molecule has 68 valence electrons. The van der Waals surface area contributed by atoms with Gasteiger partial charge in [0.1, 0.15) is 17.6 Å². The van der Waals surface area contributed by atoms with E-state index < -0.39 is 0 Å². The van der Waals surface area contributed by atoms with Crippen molar-refractivity contribution in [2.24, 2.45) is 0 Å². The molecule has 0 N–H and O–H groups in total. The summed E-state index contributed by atoms with van der Waals surface area (Å²) in [6, 6.07) is 5.60. The van der Waals surface area contributed by atoms with Crippen molar-refractivity contribution in [3.63, 3.8) is 0 Å². The predicted octanol–water partition coefficient (Wildman–Crippen LogP) is 2.45. The fraction of sp³-hybridized carbons (Fsp3) is 0.200. The number of rotatable bonds is 2. The van der Waals surface area contributed by atoms with E-state index in [4.69, 9.17) is 13.9 Å². The number of furan rings is 1. The van der Waals surface area contributed by atoms with Crippen molar-refractivity contribution in [1.82, 2.24) is 0 Å². The molecule has 0 bridgehead atoms. The molecule has 0 radical (unpaired) electrons. The molecule has 2 rings (SSSR count). The van der Waals surface area contributed by atoms with Crippen molar-refractivity contribution < 1.29 is 13.9 Å². The van der Waals surface area contributed by atoms with E-state index in [9.17, 15) is 0 Å². The van der Waals surface area contributed by atoms with Crippen molar-refractivity contribution in [3.05, 3.63) is 24.5 Å². The fourth-order valence-electron chi connectivity index (χ4n) is 1.27. The number of fused-ring (bicyclic) bond motifs is 1. The summed E-state index contributed by atoms with van der Waals surface area (Å²) >= 11 is 0. The molecule has 1 aromatic heterocycles. The average Bonchev–Trinajstić information content (AvgIpc) is 2.59. The molecule has 2 aromatic rings. The lowest BCUT2D eigenvalue weighted by Crippen LogP contribution is -1.82. The van der Waals surface area contributed by atoms with Crippen LogP contribution >= 0.6 is 0 Å². The van der Waals surface area contributed by atoms with Gasteiger partial charge in [-0.1, -0.05) is 0 Å². The lowest BCUT2D eigenvalue weighted by molar-refractivity contribution is 0.408. The Balaban J connectivity index is 2.64. The topological polar surface area (TPSA) is 31.6 Å². The van der Waals surface area contributed by atoms with E-state index >= 15 is 0 Å². The molecule has 1 heterocycles. The zero-order chi connectivity index (χ0) is 9.26. The lowest BCUT2D eigenvalue weighted by Gasteiger charge is -1.99. The smallest absolute Gasteiger partial charge is 0.164 e. The minimum Gasteiger partial charge on any atom is -0.497 e. The van der Waals surface area contributed by atoms with Crippen LogP contribution in [0.2, 0.25) is 0 Å². The van der Waals surface area contributed by atoms with Gasteiger partial charge in [0.05, 0.1) is 19.6 Å². The molecule has 0 amide bonds. The van der Waals surface area contributed by atoms with Gasteiger partial charge in [-0.05, 0) is 18.2 Å². The van der Waals surface area contributed by atoms with Gasteiger partial charge in [0.25, 0.3) is 0 Å². The van der Waals surface area contributed by atoms with Crippen LogP contribution in [0.1, 0.15) is 0 Å². The van der Waals surface area contributed by atoms with Crippen LogP contribution in [0.15, 0.2) is 28.9 Å². The summed E-state index contributed by atoms with van der Waals surface area (Å²) in [5, 5.41) is 0.932. The number of methoxy groups -OCH3 is 2. The zero-order valence-corrected chi connectivity index (χ0v) is 7.53. The maximum absolute atomic E-state index is 5.26. The highest BCUT2D eigenvalue weighted by atomic mass is 16.5. The summed E-state index contributed by atoms with van der Waals surface area (Å²) in [6.45, 7) is 0. The average molecular weight is 178 g/mol. The van der Waals surface area contributed by atoms with E-state index in [1.807, 2.05) is 18.2 Å². The minimum absolute atomic E-state index is 0.730. The number of hydrogen-bond acceptors (Lipinski definition) is 3. The highest BCUT2D eigenvalue weighted by Gasteiger charge is 2.06. The largest absolute Gasteiger partial charge is 0.497 e. The van der Waals surface area contributed by atoms with Crippen molar-refractivity contribution >= 4 is 11.0 Å². The van der Waals surface area contributed by atoms with Crippen molar-refractivity contribution in [3.8, 4) is 11.5 Å². The molecular weight excluding hydrogens is 168 g/mol. The Bertz CT molecular complexity index is 417. The van der Waals surface area contributed by atoms with Crippen LogP contribution in [0.4, 0.5) is 0 Å². The van der Waals surface area contributed by atoms with Gasteiger partial charge in [-0.25, -0.2) is 0 Å². The summed E-state index contributed by atoms with van der Waals surface area (Å²) in [4.78, 5) is 0. The highest BCUT2D eigenvalue weighted by molar-refractivity contribution is 5.85. The quantitative estimate of drug-likeness (QED) is 0.707. The Morgan fingerprint density at radius 1 is 1.15 bits per heavy atom. The Labute approximate surface area is 75.9 Å². The van der Waals surface area contributed by atoms with E-state index in [1.54, 1.807) is 20.5 Å². The van der Waals surface area contributed by atoms with Gasteiger partial charge >= 0.3 is 0 Å². The third-order valence-corrected chi connectivity index (χ3v) is 1.97. The molecule has 0 aliphatic rings. The second-order valence-electron chi connectivity index (χ2n) is 2.67. The Morgan fingerprint density at radius 2 is 2.00 bits per heavy atom. The molecule has 3 heteroatoms. The van der Waals surface area contributed by atoms with E-state index in [0.717, 1.165) is 22.5 Å². The molecule has 0 aliphatic carbocycles. The molecule has 0 saturated heterocycles. The van der Waals surface area contributed by atoms with Gasteiger partial charge in [0, 0.05) is 0 Å². The molecule has 13 heavy (non-hydrogen) atoms. The number of benzene rings is 1. The van der Waals surface area contributed by atoms with Gasteiger partial charge < -0.3 is 13.9 Å². The first-order chi connectivity index (χ1) is 6.35. The van der Waals surface area contributed by atoms with Gasteiger partial charge in [-0.3, -0.25) is 0 Å². The minimum atomic E-state index is 0.730. The van der Waals surface area contributed by atoms with Crippen molar-refractivity contribution in [1.29, 1.82) is 0 Å². The monoisotopic (exact) mass is 178 g/mol. The second kappa shape index (κ2) is 3.01. The van der Waals surface area contributed by atoms with Gasteiger partial charge in [0.2, 0.25) is 0 Å². The van der Waals surface area contributed by atoms with Crippen LogP contribution < -0.4 is 9.47 Å². The number of hydrogen-bond donors (Lipinski definition) is 0. The first kappa shape index (κ1) is 7.98. The van der Waals surface area contributed by atoms with Crippen LogP contribution in [0.3, 0.4) is 0 Å². The summed E-state index contributed by atoms with van der Waals surface area (Å²) in [5.74, 6) is 1.53. The van der Waals surface area contributed by atoms with E-state index in [2.05, 4.69) is 0 Å². The van der Waals surface area contributed by atoms with Crippen molar-refractivity contribution in [2.45, 2.75) is 0 Å². The Kier molecular flexibility index (Phi) is 1.85. The molecule has 0 atom stereocenters. The Hall–Kier alpha value is -1.64. The summed E-state index contributed by atoms with van der Waals surface area (Å²) < 4.78 is 15.5. The predicted molar refractivity (Wildman–Crippen MR) is 49.3 cm³/mol. The zero-order valence-electron chi connectivity index (χ0n) is 7.53. The standard InChI is InChI=1S/C10H10O3/c1-11-7-3-4-9-8(5-7)10(12-2)6-13-9/h3-6H,1-2H3. The SMILES string of the molecule is COc1ccc2occ(OC)c2c1. The van der Waals surface area contributed by atoms with E-state index in [-0.39, 0.29) is 0 Å². The molecule has 0 unspecified atom stereocenters. The molecular formula is C10H10O3. The first-order valence-electron chi connectivity index (χ1n) is 3.94. The molecule has 0 fully saturated rings. The van der Waals surface area contributed by atoms with Crippen LogP contribution in [0.25, 0.3) is 11.0 Å². The lowest BCUT2D eigenvalue weighted by atomic mass is 10.2. The summed E-state index contributed by atoms with van der Waals surface area (Å²) in [6.07, 6.45) is 1.59. The van der Waals surface area contributed by atoms with Gasteiger partial charge in [-0.15, -0.1) is 0 Å². The maximum atomic E-state index is 5.26. The normalized spacial score (nSPS) is 10.3. The van der Waals surface area contributed by atoms with Gasteiger partial charge in [0.15, 0.2) is 5.75 Å².